The molecular weight excluding hydrogens is 192 g/mol. The minimum Gasteiger partial charge on any atom is -0.386 e. The highest BCUT2D eigenvalue weighted by Crippen LogP contribution is 2.30. The molecule has 10 heavy (non-hydrogen) atoms. The Labute approximate surface area is 70.3 Å². The van der Waals surface area contributed by atoms with E-state index in [0.717, 1.165) is 18.2 Å². The summed E-state index contributed by atoms with van der Waals surface area (Å²) in [6.45, 7) is 0. The zero-order valence-corrected chi connectivity index (χ0v) is 7.60. The monoisotopic (exact) mass is 204 g/mol. The number of hydrogen-bond donors (Lipinski definition) is 1. The highest BCUT2D eigenvalue weighted by atomic mass is 79.9. The lowest BCUT2D eigenvalue weighted by Crippen LogP contribution is -2.19. The third-order valence-corrected chi connectivity index (χ3v) is 2.36. The number of aliphatic hydroxyl groups is 1. The smallest absolute Gasteiger partial charge is 0.0828 e. The van der Waals surface area contributed by atoms with Crippen LogP contribution in [-0.4, -0.2) is 16.0 Å². The van der Waals surface area contributed by atoms with Gasteiger partial charge in [-0.15, -0.1) is 0 Å². The van der Waals surface area contributed by atoms with Gasteiger partial charge in [-0.1, -0.05) is 40.9 Å². The fraction of sp³-hybridized carbons (Fsp3) is 0.750. The molecule has 0 spiro atoms. The van der Waals surface area contributed by atoms with Crippen molar-refractivity contribution >= 4 is 15.9 Å². The normalized spacial score (nSPS) is 24.2. The Balaban J connectivity index is 2.43. The largest absolute Gasteiger partial charge is 0.386 e. The van der Waals surface area contributed by atoms with E-state index in [0.29, 0.717) is 0 Å². The van der Waals surface area contributed by atoms with E-state index in [9.17, 15) is 5.11 Å². The fourth-order valence-electron chi connectivity index (χ4n) is 1.42. The van der Waals surface area contributed by atoms with E-state index < -0.39 is 5.60 Å². The van der Waals surface area contributed by atoms with E-state index in [-0.39, 0.29) is 0 Å². The molecular formula is C8H13BrO. The molecule has 2 heteroatoms. The van der Waals surface area contributed by atoms with Gasteiger partial charge in [-0.2, -0.15) is 0 Å². The van der Waals surface area contributed by atoms with Crippen molar-refractivity contribution in [3.63, 3.8) is 0 Å². The summed E-state index contributed by atoms with van der Waals surface area (Å²) in [5, 5.41) is 10.6. The van der Waals surface area contributed by atoms with Gasteiger partial charge in [0.1, 0.15) is 0 Å². The van der Waals surface area contributed by atoms with E-state index in [1.54, 1.807) is 0 Å². The van der Waals surface area contributed by atoms with Crippen molar-refractivity contribution in [2.45, 2.75) is 31.3 Å². The molecule has 0 aromatic carbocycles. The number of rotatable bonds is 2. The molecule has 0 aromatic heterocycles. The maximum atomic E-state index is 9.71. The molecule has 1 aliphatic rings. The van der Waals surface area contributed by atoms with Gasteiger partial charge in [0.05, 0.1) is 5.60 Å². The zero-order chi connectivity index (χ0) is 7.45. The molecule has 0 amide bonds. The first-order valence-corrected chi connectivity index (χ1v) is 4.85. The molecule has 0 unspecified atom stereocenters. The maximum absolute atomic E-state index is 9.71. The molecule has 0 saturated heterocycles. The van der Waals surface area contributed by atoms with Crippen LogP contribution >= 0.6 is 15.9 Å². The summed E-state index contributed by atoms with van der Waals surface area (Å²) in [5.74, 6) is 0. The minimum atomic E-state index is -0.465. The van der Waals surface area contributed by atoms with Gasteiger partial charge in [-0.05, 0) is 12.8 Å². The van der Waals surface area contributed by atoms with Crippen LogP contribution in [0.5, 0.6) is 0 Å². The summed E-state index contributed by atoms with van der Waals surface area (Å²) < 4.78 is 0. The van der Waals surface area contributed by atoms with Crippen LogP contribution in [0.3, 0.4) is 0 Å². The number of allylic oxidation sites excluding steroid dienone is 1. The Morgan fingerprint density at radius 3 is 2.50 bits per heavy atom. The summed E-state index contributed by atoms with van der Waals surface area (Å²) in [7, 11) is 0. The quantitative estimate of drug-likeness (QED) is 0.541. The molecule has 0 bridgehead atoms. The molecule has 1 aliphatic carbocycles. The summed E-state index contributed by atoms with van der Waals surface area (Å²) in [6, 6.07) is 0. The lowest BCUT2D eigenvalue weighted by Gasteiger charge is -2.15. The van der Waals surface area contributed by atoms with Gasteiger partial charge >= 0.3 is 0 Å². The molecule has 0 radical (unpaired) electrons. The minimum absolute atomic E-state index is 0.465. The van der Waals surface area contributed by atoms with Crippen molar-refractivity contribution in [2.75, 3.05) is 5.33 Å². The standard InChI is InChI=1S/C8H13BrO/c9-7-3-6-8(10)4-1-2-5-8/h3,6,10H,1-2,4-5,7H2. The highest BCUT2D eigenvalue weighted by Gasteiger charge is 2.27. The Kier molecular flexibility index (Phi) is 2.93. The molecule has 1 nitrogen and oxygen atoms in total. The lowest BCUT2D eigenvalue weighted by molar-refractivity contribution is 0.0991. The summed E-state index contributed by atoms with van der Waals surface area (Å²) >= 11 is 3.28. The zero-order valence-electron chi connectivity index (χ0n) is 6.02. The average molecular weight is 205 g/mol. The van der Waals surface area contributed by atoms with Crippen molar-refractivity contribution in [3.05, 3.63) is 12.2 Å². The molecule has 1 rings (SSSR count). The molecule has 1 fully saturated rings. The van der Waals surface area contributed by atoms with E-state index in [4.69, 9.17) is 0 Å². The molecule has 0 heterocycles. The van der Waals surface area contributed by atoms with Gasteiger partial charge in [0.2, 0.25) is 0 Å². The topological polar surface area (TPSA) is 20.2 Å². The van der Waals surface area contributed by atoms with Crippen molar-refractivity contribution in [1.82, 2.24) is 0 Å². The van der Waals surface area contributed by atoms with Gasteiger partial charge in [-0.25, -0.2) is 0 Å². The lowest BCUT2D eigenvalue weighted by atomic mass is 10.0. The fourth-order valence-corrected chi connectivity index (χ4v) is 1.60. The van der Waals surface area contributed by atoms with Crippen LogP contribution in [0.25, 0.3) is 0 Å². The Morgan fingerprint density at radius 1 is 1.40 bits per heavy atom. The Morgan fingerprint density at radius 2 is 2.00 bits per heavy atom. The first kappa shape index (κ1) is 8.28. The molecule has 0 atom stereocenters. The first-order valence-electron chi connectivity index (χ1n) is 3.73. The van der Waals surface area contributed by atoms with Crippen LogP contribution in [0.2, 0.25) is 0 Å². The molecule has 0 aliphatic heterocycles. The van der Waals surface area contributed by atoms with E-state index >= 15 is 0 Å². The number of halogens is 1. The molecule has 58 valence electrons. The predicted octanol–water partition coefficient (Wildman–Crippen LogP) is 2.24. The van der Waals surface area contributed by atoms with Gasteiger partial charge in [0.25, 0.3) is 0 Å². The Hall–Kier alpha value is 0.180. The molecule has 1 N–H and O–H groups in total. The highest BCUT2D eigenvalue weighted by molar-refractivity contribution is 9.09. The Bertz CT molecular complexity index is 125. The molecule has 0 aromatic rings. The van der Waals surface area contributed by atoms with Gasteiger partial charge in [0.15, 0.2) is 0 Å². The van der Waals surface area contributed by atoms with Crippen LogP contribution < -0.4 is 0 Å². The predicted molar refractivity (Wildman–Crippen MR) is 46.4 cm³/mol. The van der Waals surface area contributed by atoms with Gasteiger partial charge in [-0.3, -0.25) is 0 Å². The maximum Gasteiger partial charge on any atom is 0.0828 e. The third kappa shape index (κ3) is 2.10. The second kappa shape index (κ2) is 3.54. The number of alkyl halides is 1. The van der Waals surface area contributed by atoms with Crippen LogP contribution in [-0.2, 0) is 0 Å². The first-order chi connectivity index (χ1) is 4.77. The van der Waals surface area contributed by atoms with Crippen LogP contribution in [0.15, 0.2) is 12.2 Å². The van der Waals surface area contributed by atoms with E-state index in [1.165, 1.54) is 12.8 Å². The second-order valence-electron chi connectivity index (χ2n) is 2.87. The number of hydrogen-bond acceptors (Lipinski definition) is 1. The van der Waals surface area contributed by atoms with Crippen molar-refractivity contribution in [1.29, 1.82) is 0 Å². The SMILES string of the molecule is OC1(C=CCBr)CCCC1. The second-order valence-corrected chi connectivity index (χ2v) is 3.51. The van der Waals surface area contributed by atoms with Gasteiger partial charge < -0.3 is 5.11 Å². The van der Waals surface area contributed by atoms with Crippen LogP contribution in [0.1, 0.15) is 25.7 Å². The third-order valence-electron chi connectivity index (χ3n) is 1.99. The summed E-state index contributed by atoms with van der Waals surface area (Å²) in [6.07, 6.45) is 8.12. The van der Waals surface area contributed by atoms with Crippen LogP contribution in [0, 0.1) is 0 Å². The van der Waals surface area contributed by atoms with Crippen molar-refractivity contribution < 1.29 is 5.11 Å². The van der Waals surface area contributed by atoms with E-state index in [2.05, 4.69) is 15.9 Å². The molecule has 1 saturated carbocycles. The summed E-state index contributed by atoms with van der Waals surface area (Å²) in [5.41, 5.74) is -0.465. The van der Waals surface area contributed by atoms with Gasteiger partial charge in [0, 0.05) is 5.33 Å². The van der Waals surface area contributed by atoms with E-state index in [1.807, 2.05) is 12.2 Å². The van der Waals surface area contributed by atoms with Crippen molar-refractivity contribution in [3.8, 4) is 0 Å². The average Bonchev–Trinajstić information content (AvgIpc) is 2.33. The van der Waals surface area contributed by atoms with Crippen molar-refractivity contribution in [2.24, 2.45) is 0 Å². The van der Waals surface area contributed by atoms with Crippen LogP contribution in [0.4, 0.5) is 0 Å². The summed E-state index contributed by atoms with van der Waals surface area (Å²) in [4.78, 5) is 0.